The first kappa shape index (κ1) is 22.3. The van der Waals surface area contributed by atoms with E-state index in [0.29, 0.717) is 39.3 Å². The third-order valence-electron chi connectivity index (χ3n) is 3.02. The summed E-state index contributed by atoms with van der Waals surface area (Å²) < 4.78 is 20.6. The van der Waals surface area contributed by atoms with Gasteiger partial charge in [-0.25, -0.2) is 9.59 Å². The van der Waals surface area contributed by atoms with Crippen LogP contribution in [0.25, 0.3) is 0 Å². The lowest BCUT2D eigenvalue weighted by Crippen LogP contribution is -2.06. The van der Waals surface area contributed by atoms with Crippen molar-refractivity contribution in [3.63, 3.8) is 0 Å². The van der Waals surface area contributed by atoms with E-state index in [1.165, 1.54) is 0 Å². The number of hydrogen-bond acceptors (Lipinski definition) is 6. The molecule has 0 aromatic rings. The molecule has 0 atom stereocenters. The number of carbonyl (C=O) groups excluding carboxylic acids is 2. The van der Waals surface area contributed by atoms with Crippen LogP contribution in [0.2, 0.25) is 0 Å². The van der Waals surface area contributed by atoms with Gasteiger partial charge in [0.15, 0.2) is 0 Å². The SMILES string of the molecule is C=CC(=O)OCCCOCCCCCCOCCCOC(=O)C=C. The first-order chi connectivity index (χ1) is 11.7. The summed E-state index contributed by atoms with van der Waals surface area (Å²) >= 11 is 0. The zero-order valence-corrected chi connectivity index (χ0v) is 14.5. The molecule has 0 N–H and O–H groups in total. The molecule has 6 heteroatoms. The van der Waals surface area contributed by atoms with Gasteiger partial charge in [-0.1, -0.05) is 26.0 Å². The summed E-state index contributed by atoms with van der Waals surface area (Å²) in [6.07, 6.45) is 7.96. The zero-order chi connectivity index (χ0) is 17.9. The molecule has 0 aliphatic carbocycles. The Morgan fingerprint density at radius 3 is 1.33 bits per heavy atom. The molecule has 0 aliphatic heterocycles. The molecular formula is C18H30O6. The fourth-order valence-corrected chi connectivity index (χ4v) is 1.75. The Hall–Kier alpha value is -1.66. The van der Waals surface area contributed by atoms with E-state index in [1.54, 1.807) is 0 Å². The molecule has 138 valence electrons. The van der Waals surface area contributed by atoms with Gasteiger partial charge in [0, 0.05) is 51.4 Å². The minimum Gasteiger partial charge on any atom is -0.462 e. The molecule has 6 nitrogen and oxygen atoms in total. The van der Waals surface area contributed by atoms with Gasteiger partial charge >= 0.3 is 11.9 Å². The van der Waals surface area contributed by atoms with Gasteiger partial charge in [-0.2, -0.15) is 0 Å². The zero-order valence-electron chi connectivity index (χ0n) is 14.5. The van der Waals surface area contributed by atoms with E-state index in [-0.39, 0.29) is 0 Å². The van der Waals surface area contributed by atoms with Gasteiger partial charge in [0.05, 0.1) is 13.2 Å². The molecule has 0 radical (unpaired) electrons. The molecule has 0 aromatic carbocycles. The molecule has 0 amide bonds. The van der Waals surface area contributed by atoms with Crippen LogP contribution in [0.15, 0.2) is 25.3 Å². The summed E-state index contributed by atoms with van der Waals surface area (Å²) in [5, 5.41) is 0. The van der Waals surface area contributed by atoms with Gasteiger partial charge in [0.1, 0.15) is 0 Å². The number of hydrogen-bond donors (Lipinski definition) is 0. The number of unbranched alkanes of at least 4 members (excludes halogenated alkanes) is 3. The van der Waals surface area contributed by atoms with Gasteiger partial charge < -0.3 is 18.9 Å². The average Bonchev–Trinajstić information content (AvgIpc) is 2.60. The Morgan fingerprint density at radius 1 is 0.583 bits per heavy atom. The summed E-state index contributed by atoms with van der Waals surface area (Å²) in [5.74, 6) is -0.787. The predicted octanol–water partition coefficient (Wildman–Crippen LogP) is 2.82. The fourth-order valence-electron chi connectivity index (χ4n) is 1.75. The molecule has 0 heterocycles. The van der Waals surface area contributed by atoms with Crippen molar-refractivity contribution in [3.8, 4) is 0 Å². The Labute approximate surface area is 144 Å². The lowest BCUT2D eigenvalue weighted by molar-refractivity contribution is -0.139. The van der Waals surface area contributed by atoms with Crippen molar-refractivity contribution in [1.82, 2.24) is 0 Å². The van der Waals surface area contributed by atoms with Crippen LogP contribution in [0, 0.1) is 0 Å². The van der Waals surface area contributed by atoms with Crippen molar-refractivity contribution in [1.29, 1.82) is 0 Å². The maximum Gasteiger partial charge on any atom is 0.330 e. The molecule has 24 heavy (non-hydrogen) atoms. The molecular weight excluding hydrogens is 312 g/mol. The van der Waals surface area contributed by atoms with Crippen LogP contribution < -0.4 is 0 Å². The monoisotopic (exact) mass is 342 g/mol. The normalized spacial score (nSPS) is 10.2. The number of esters is 2. The second-order valence-corrected chi connectivity index (χ2v) is 5.09. The summed E-state index contributed by atoms with van der Waals surface area (Å²) in [6, 6.07) is 0. The first-order valence-electron chi connectivity index (χ1n) is 8.44. The number of carbonyl (C=O) groups is 2. The summed E-state index contributed by atoms with van der Waals surface area (Å²) in [6.45, 7) is 10.0. The van der Waals surface area contributed by atoms with Gasteiger partial charge in [-0.3, -0.25) is 0 Å². The van der Waals surface area contributed by atoms with E-state index in [4.69, 9.17) is 18.9 Å². The third kappa shape index (κ3) is 16.7. The number of rotatable bonds is 17. The van der Waals surface area contributed by atoms with Crippen molar-refractivity contribution in [2.24, 2.45) is 0 Å². The summed E-state index contributed by atoms with van der Waals surface area (Å²) in [7, 11) is 0. The third-order valence-corrected chi connectivity index (χ3v) is 3.02. The van der Waals surface area contributed by atoms with Gasteiger partial charge in [-0.15, -0.1) is 0 Å². The molecule has 0 spiro atoms. The van der Waals surface area contributed by atoms with Crippen LogP contribution in [0.3, 0.4) is 0 Å². The van der Waals surface area contributed by atoms with Gasteiger partial charge in [-0.05, 0) is 12.8 Å². The van der Waals surface area contributed by atoms with Crippen LogP contribution in [-0.4, -0.2) is 51.6 Å². The second-order valence-electron chi connectivity index (χ2n) is 5.09. The van der Waals surface area contributed by atoms with Gasteiger partial charge in [0.25, 0.3) is 0 Å². The highest BCUT2D eigenvalue weighted by Gasteiger charge is 1.97. The molecule has 0 saturated heterocycles. The van der Waals surface area contributed by atoms with Gasteiger partial charge in [0.2, 0.25) is 0 Å². The highest BCUT2D eigenvalue weighted by atomic mass is 16.5. The minimum atomic E-state index is -0.394. The molecule has 0 aromatic heterocycles. The molecule has 0 saturated carbocycles. The van der Waals surface area contributed by atoms with Crippen LogP contribution in [0.4, 0.5) is 0 Å². The summed E-state index contributed by atoms with van der Waals surface area (Å²) in [4.78, 5) is 21.5. The topological polar surface area (TPSA) is 71.1 Å². The van der Waals surface area contributed by atoms with Crippen molar-refractivity contribution >= 4 is 11.9 Å². The van der Waals surface area contributed by atoms with E-state index < -0.39 is 11.9 Å². The van der Waals surface area contributed by atoms with Crippen molar-refractivity contribution < 1.29 is 28.5 Å². The highest BCUT2D eigenvalue weighted by molar-refractivity contribution is 5.81. The van der Waals surface area contributed by atoms with E-state index in [0.717, 1.165) is 51.0 Å². The highest BCUT2D eigenvalue weighted by Crippen LogP contribution is 2.01. The quantitative estimate of drug-likeness (QED) is 0.230. The van der Waals surface area contributed by atoms with Crippen LogP contribution in [-0.2, 0) is 28.5 Å². The predicted molar refractivity (Wildman–Crippen MR) is 91.7 cm³/mol. The Bertz CT molecular complexity index is 319. The van der Waals surface area contributed by atoms with Crippen LogP contribution in [0.5, 0.6) is 0 Å². The Kier molecular flexibility index (Phi) is 16.5. The smallest absolute Gasteiger partial charge is 0.330 e. The number of ether oxygens (including phenoxy) is 4. The van der Waals surface area contributed by atoms with Crippen LogP contribution >= 0.6 is 0 Å². The standard InChI is InChI=1S/C18H30O6/c1-3-17(19)23-15-9-13-21-11-7-5-6-8-12-22-14-10-16-24-18(20)4-2/h3-4H,1-2,5-16H2. The second kappa shape index (κ2) is 17.7. The molecule has 0 rings (SSSR count). The first-order valence-corrected chi connectivity index (χ1v) is 8.44. The largest absolute Gasteiger partial charge is 0.462 e. The Morgan fingerprint density at radius 2 is 0.958 bits per heavy atom. The van der Waals surface area contributed by atoms with Crippen molar-refractivity contribution in [2.75, 3.05) is 39.6 Å². The van der Waals surface area contributed by atoms with Crippen molar-refractivity contribution in [2.45, 2.75) is 38.5 Å². The molecule has 0 fully saturated rings. The van der Waals surface area contributed by atoms with Crippen LogP contribution in [0.1, 0.15) is 38.5 Å². The Balaban J connectivity index is 3.07. The van der Waals surface area contributed by atoms with E-state index in [9.17, 15) is 9.59 Å². The minimum absolute atomic E-state index is 0.370. The lowest BCUT2D eigenvalue weighted by atomic mass is 10.2. The van der Waals surface area contributed by atoms with E-state index in [1.807, 2.05) is 0 Å². The molecule has 0 aliphatic rings. The fraction of sp³-hybridized carbons (Fsp3) is 0.667. The van der Waals surface area contributed by atoms with Crippen molar-refractivity contribution in [3.05, 3.63) is 25.3 Å². The maximum absolute atomic E-state index is 10.8. The molecule has 0 bridgehead atoms. The lowest BCUT2D eigenvalue weighted by Gasteiger charge is -2.06. The summed E-state index contributed by atoms with van der Waals surface area (Å²) in [5.41, 5.74) is 0. The molecule has 0 unspecified atom stereocenters. The van der Waals surface area contributed by atoms with E-state index in [2.05, 4.69) is 13.2 Å². The average molecular weight is 342 g/mol. The maximum atomic E-state index is 10.8. The van der Waals surface area contributed by atoms with E-state index >= 15 is 0 Å².